The van der Waals surface area contributed by atoms with Crippen molar-refractivity contribution in [3.63, 3.8) is 0 Å². The van der Waals surface area contributed by atoms with E-state index in [-0.39, 0.29) is 11.9 Å². The third kappa shape index (κ3) is 2.74. The molecule has 0 bridgehead atoms. The Balaban J connectivity index is 2.06. The quantitative estimate of drug-likeness (QED) is 0.848. The molecule has 2 nitrogen and oxygen atoms in total. The Bertz CT molecular complexity index is 350. The van der Waals surface area contributed by atoms with Gasteiger partial charge in [0.15, 0.2) is 0 Å². The fraction of sp³-hybridized carbons (Fsp3) is 0.600. The first-order valence-corrected chi connectivity index (χ1v) is 6.60. The van der Waals surface area contributed by atoms with E-state index in [0.29, 0.717) is 5.41 Å². The minimum atomic E-state index is 0.287. The maximum atomic E-state index is 9.25. The summed E-state index contributed by atoms with van der Waals surface area (Å²) in [5.74, 6) is 1.15. The molecule has 0 heterocycles. The number of hydrogen-bond donors (Lipinski definition) is 1. The second-order valence-electron chi connectivity index (χ2n) is 5.37. The maximum Gasteiger partial charge on any atom is 0.120 e. The molecule has 2 rings (SSSR count). The molecule has 0 radical (unpaired) electrons. The number of aromatic hydroxyl groups is 1. The molecule has 1 atom stereocenters. The van der Waals surface area contributed by atoms with E-state index in [0.717, 1.165) is 12.2 Å². The Labute approximate surface area is 104 Å². The molecule has 1 N–H and O–H groups in total. The van der Waals surface area contributed by atoms with Crippen molar-refractivity contribution >= 4 is 0 Å². The lowest BCUT2D eigenvalue weighted by molar-refractivity contribution is 0.0609. The van der Waals surface area contributed by atoms with Gasteiger partial charge in [0.1, 0.15) is 17.6 Å². The number of benzene rings is 1. The van der Waals surface area contributed by atoms with Gasteiger partial charge in [-0.2, -0.15) is 0 Å². The zero-order valence-electron chi connectivity index (χ0n) is 10.8. The van der Waals surface area contributed by atoms with Gasteiger partial charge in [-0.3, -0.25) is 0 Å². The van der Waals surface area contributed by atoms with Gasteiger partial charge in [-0.1, -0.05) is 26.7 Å². The lowest BCUT2D eigenvalue weighted by Crippen LogP contribution is -2.34. The molecule has 1 saturated carbocycles. The Kier molecular flexibility index (Phi) is 3.60. The summed E-state index contributed by atoms with van der Waals surface area (Å²) in [6.07, 6.45) is 6.51. The van der Waals surface area contributed by atoms with E-state index < -0.39 is 0 Å². The van der Waals surface area contributed by atoms with Crippen molar-refractivity contribution in [2.45, 2.75) is 52.1 Å². The van der Waals surface area contributed by atoms with Crippen molar-refractivity contribution in [1.29, 1.82) is 0 Å². The van der Waals surface area contributed by atoms with Gasteiger partial charge in [0.25, 0.3) is 0 Å². The van der Waals surface area contributed by atoms with Crippen LogP contribution in [0.4, 0.5) is 0 Å². The van der Waals surface area contributed by atoms with Gasteiger partial charge >= 0.3 is 0 Å². The van der Waals surface area contributed by atoms with Crippen molar-refractivity contribution in [2.75, 3.05) is 0 Å². The van der Waals surface area contributed by atoms with Crippen molar-refractivity contribution in [2.24, 2.45) is 5.41 Å². The molecule has 0 amide bonds. The summed E-state index contributed by atoms with van der Waals surface area (Å²) in [5, 5.41) is 9.25. The second kappa shape index (κ2) is 4.99. The first-order valence-electron chi connectivity index (χ1n) is 6.60. The zero-order valence-corrected chi connectivity index (χ0v) is 10.8. The van der Waals surface area contributed by atoms with Gasteiger partial charge in [0.05, 0.1) is 0 Å². The molecule has 1 aliphatic rings. The fourth-order valence-electron chi connectivity index (χ4n) is 2.91. The number of hydrogen-bond acceptors (Lipinski definition) is 2. The Morgan fingerprint density at radius 2 is 1.82 bits per heavy atom. The average molecular weight is 234 g/mol. The van der Waals surface area contributed by atoms with Crippen LogP contribution in [0.2, 0.25) is 0 Å². The molecule has 0 aromatic heterocycles. The molecule has 1 unspecified atom stereocenters. The van der Waals surface area contributed by atoms with E-state index in [4.69, 9.17) is 4.74 Å². The summed E-state index contributed by atoms with van der Waals surface area (Å²) < 4.78 is 6.09. The SMILES string of the molecule is CCC(Oc1ccc(O)cc1)C1(C)CCCC1. The van der Waals surface area contributed by atoms with E-state index >= 15 is 0 Å². The largest absolute Gasteiger partial charge is 0.508 e. The van der Waals surface area contributed by atoms with Crippen LogP contribution in [0, 0.1) is 5.41 Å². The molecule has 0 saturated heterocycles. The van der Waals surface area contributed by atoms with Gasteiger partial charge in [-0.05, 0) is 43.5 Å². The number of phenols is 1. The van der Waals surface area contributed by atoms with Gasteiger partial charge < -0.3 is 9.84 Å². The van der Waals surface area contributed by atoms with Crippen LogP contribution in [0.15, 0.2) is 24.3 Å². The topological polar surface area (TPSA) is 29.5 Å². The number of ether oxygens (including phenoxy) is 1. The van der Waals surface area contributed by atoms with E-state index in [2.05, 4.69) is 13.8 Å². The minimum Gasteiger partial charge on any atom is -0.508 e. The van der Waals surface area contributed by atoms with Crippen molar-refractivity contribution in [3.8, 4) is 11.5 Å². The number of rotatable bonds is 4. The summed E-state index contributed by atoms with van der Waals surface area (Å²) in [7, 11) is 0. The Hall–Kier alpha value is -1.18. The Morgan fingerprint density at radius 1 is 1.24 bits per heavy atom. The van der Waals surface area contributed by atoms with Gasteiger partial charge in [-0.25, -0.2) is 0 Å². The molecule has 1 fully saturated rings. The van der Waals surface area contributed by atoms with E-state index in [1.54, 1.807) is 12.1 Å². The first-order chi connectivity index (χ1) is 8.14. The van der Waals surface area contributed by atoms with Crippen LogP contribution in [0.3, 0.4) is 0 Å². The fourth-order valence-corrected chi connectivity index (χ4v) is 2.91. The Morgan fingerprint density at radius 3 is 2.35 bits per heavy atom. The smallest absolute Gasteiger partial charge is 0.120 e. The highest BCUT2D eigenvalue weighted by Gasteiger charge is 2.37. The monoisotopic (exact) mass is 234 g/mol. The standard InChI is InChI=1S/C15H22O2/c1-3-14(15(2)10-4-5-11-15)17-13-8-6-12(16)7-9-13/h6-9,14,16H,3-5,10-11H2,1-2H3. The third-order valence-electron chi connectivity index (χ3n) is 4.01. The summed E-state index contributed by atoms with van der Waals surface area (Å²) >= 11 is 0. The summed E-state index contributed by atoms with van der Waals surface area (Å²) in [6.45, 7) is 4.53. The van der Waals surface area contributed by atoms with Gasteiger partial charge in [-0.15, -0.1) is 0 Å². The molecule has 0 aliphatic heterocycles. The molecule has 2 heteroatoms. The molecule has 1 aliphatic carbocycles. The van der Waals surface area contributed by atoms with Crippen LogP contribution < -0.4 is 4.74 Å². The molecular formula is C15H22O2. The lowest BCUT2D eigenvalue weighted by atomic mass is 9.81. The van der Waals surface area contributed by atoms with Gasteiger partial charge in [0.2, 0.25) is 0 Å². The highest BCUT2D eigenvalue weighted by Crippen LogP contribution is 2.43. The highest BCUT2D eigenvalue weighted by atomic mass is 16.5. The van der Waals surface area contributed by atoms with Crippen LogP contribution in [0.25, 0.3) is 0 Å². The lowest BCUT2D eigenvalue weighted by Gasteiger charge is -2.33. The molecule has 94 valence electrons. The molecule has 1 aromatic rings. The van der Waals surface area contributed by atoms with E-state index in [9.17, 15) is 5.11 Å². The van der Waals surface area contributed by atoms with Gasteiger partial charge in [0, 0.05) is 5.41 Å². The zero-order chi connectivity index (χ0) is 12.3. The van der Waals surface area contributed by atoms with Crippen LogP contribution in [-0.4, -0.2) is 11.2 Å². The average Bonchev–Trinajstić information content (AvgIpc) is 2.76. The summed E-state index contributed by atoms with van der Waals surface area (Å²) in [5.41, 5.74) is 0.326. The predicted octanol–water partition coefficient (Wildman–Crippen LogP) is 4.13. The van der Waals surface area contributed by atoms with Crippen molar-refractivity contribution in [1.82, 2.24) is 0 Å². The third-order valence-corrected chi connectivity index (χ3v) is 4.01. The van der Waals surface area contributed by atoms with Crippen LogP contribution in [-0.2, 0) is 0 Å². The van der Waals surface area contributed by atoms with E-state index in [1.807, 2.05) is 12.1 Å². The second-order valence-corrected chi connectivity index (χ2v) is 5.37. The van der Waals surface area contributed by atoms with E-state index in [1.165, 1.54) is 25.7 Å². The predicted molar refractivity (Wildman–Crippen MR) is 69.4 cm³/mol. The first kappa shape index (κ1) is 12.3. The normalized spacial score (nSPS) is 20.1. The van der Waals surface area contributed by atoms with Crippen LogP contribution >= 0.6 is 0 Å². The van der Waals surface area contributed by atoms with Crippen molar-refractivity contribution < 1.29 is 9.84 Å². The number of phenolic OH excluding ortho intramolecular Hbond substituents is 1. The molecule has 1 aromatic carbocycles. The highest BCUT2D eigenvalue weighted by molar-refractivity contribution is 5.30. The molecule has 17 heavy (non-hydrogen) atoms. The summed E-state index contributed by atoms with van der Waals surface area (Å²) in [6, 6.07) is 7.05. The van der Waals surface area contributed by atoms with Crippen LogP contribution in [0.5, 0.6) is 11.5 Å². The molecular weight excluding hydrogens is 212 g/mol. The maximum absolute atomic E-state index is 9.25. The minimum absolute atomic E-state index is 0.287. The van der Waals surface area contributed by atoms with Crippen LogP contribution in [0.1, 0.15) is 46.0 Å². The van der Waals surface area contributed by atoms with Crippen molar-refractivity contribution in [3.05, 3.63) is 24.3 Å². The summed E-state index contributed by atoms with van der Waals surface area (Å²) in [4.78, 5) is 0. The molecule has 0 spiro atoms.